The van der Waals surface area contributed by atoms with Crippen LogP contribution < -0.4 is 10.6 Å². The number of aromatic nitrogens is 2. The molecule has 0 radical (unpaired) electrons. The third kappa shape index (κ3) is 5.54. The normalized spacial score (nSPS) is 10.3. The van der Waals surface area contributed by atoms with E-state index in [-0.39, 0.29) is 6.54 Å². The van der Waals surface area contributed by atoms with Crippen LogP contribution in [-0.2, 0) is 14.3 Å². The van der Waals surface area contributed by atoms with E-state index in [9.17, 15) is 14.4 Å². The highest BCUT2D eigenvalue weighted by atomic mass is 79.9. The molecule has 154 valence electrons. The molecule has 0 spiro atoms. The van der Waals surface area contributed by atoms with E-state index in [0.29, 0.717) is 11.3 Å². The van der Waals surface area contributed by atoms with Crippen molar-refractivity contribution >= 4 is 39.4 Å². The number of amides is 2. The van der Waals surface area contributed by atoms with Crippen LogP contribution in [0.25, 0.3) is 5.69 Å². The first-order valence-corrected chi connectivity index (χ1v) is 9.82. The fourth-order valence-electron chi connectivity index (χ4n) is 2.58. The van der Waals surface area contributed by atoms with Crippen LogP contribution in [0.1, 0.15) is 16.1 Å². The molecular formula is C21H19BrN4O4. The average molecular weight is 471 g/mol. The topological polar surface area (TPSA) is 102 Å². The van der Waals surface area contributed by atoms with Crippen LogP contribution in [0.3, 0.4) is 0 Å². The number of hydrogen-bond acceptors (Lipinski definition) is 5. The highest BCUT2D eigenvalue weighted by Crippen LogP contribution is 2.20. The fraction of sp³-hybridized carbons (Fsp3) is 0.143. The molecule has 9 heteroatoms. The summed E-state index contributed by atoms with van der Waals surface area (Å²) in [5.41, 5.74) is 2.67. The zero-order valence-corrected chi connectivity index (χ0v) is 17.7. The van der Waals surface area contributed by atoms with E-state index in [2.05, 4.69) is 31.7 Å². The second-order valence-corrected chi connectivity index (χ2v) is 7.17. The summed E-state index contributed by atoms with van der Waals surface area (Å²) in [7, 11) is 0. The van der Waals surface area contributed by atoms with Crippen molar-refractivity contribution in [3.8, 4) is 5.69 Å². The molecule has 30 heavy (non-hydrogen) atoms. The Hall–Kier alpha value is -3.46. The number of nitrogens with one attached hydrogen (secondary N) is 2. The smallest absolute Gasteiger partial charge is 0.338 e. The number of carbonyl (C=O) groups is 3. The number of ether oxygens (including phenoxy) is 1. The van der Waals surface area contributed by atoms with Crippen LogP contribution in [0.5, 0.6) is 0 Å². The maximum Gasteiger partial charge on any atom is 0.338 e. The van der Waals surface area contributed by atoms with Crippen molar-refractivity contribution in [2.75, 3.05) is 18.5 Å². The molecule has 3 aromatic rings. The molecule has 0 fully saturated rings. The summed E-state index contributed by atoms with van der Waals surface area (Å²) >= 11 is 3.32. The van der Waals surface area contributed by atoms with E-state index in [0.717, 1.165) is 15.9 Å². The molecule has 0 aliphatic rings. The number of esters is 1. The summed E-state index contributed by atoms with van der Waals surface area (Å²) in [6, 6.07) is 15.7. The number of benzene rings is 2. The summed E-state index contributed by atoms with van der Waals surface area (Å²) in [6.07, 6.45) is 1.69. The van der Waals surface area contributed by atoms with Gasteiger partial charge in [0.15, 0.2) is 6.61 Å². The number of carbonyl (C=O) groups excluding carboxylic acids is 3. The van der Waals surface area contributed by atoms with E-state index in [1.165, 1.54) is 0 Å². The Morgan fingerprint density at radius 2 is 1.77 bits per heavy atom. The molecular weight excluding hydrogens is 452 g/mol. The lowest BCUT2D eigenvalue weighted by Crippen LogP contribution is -2.35. The van der Waals surface area contributed by atoms with Crippen LogP contribution in [0.2, 0.25) is 0 Å². The average Bonchev–Trinajstić information content (AvgIpc) is 3.18. The minimum atomic E-state index is -0.633. The van der Waals surface area contributed by atoms with Gasteiger partial charge in [-0.25, -0.2) is 9.48 Å². The van der Waals surface area contributed by atoms with Gasteiger partial charge < -0.3 is 15.4 Å². The van der Waals surface area contributed by atoms with Crippen molar-refractivity contribution in [2.45, 2.75) is 6.92 Å². The van der Waals surface area contributed by atoms with Gasteiger partial charge in [-0.05, 0) is 65.3 Å². The Kier molecular flexibility index (Phi) is 6.97. The first-order chi connectivity index (χ1) is 14.4. The maximum atomic E-state index is 12.1. The summed E-state index contributed by atoms with van der Waals surface area (Å²) in [5, 5.41) is 9.27. The van der Waals surface area contributed by atoms with Crippen molar-refractivity contribution in [1.29, 1.82) is 0 Å². The quantitative estimate of drug-likeness (QED) is 0.516. The second kappa shape index (κ2) is 9.84. The first-order valence-electron chi connectivity index (χ1n) is 9.03. The molecule has 0 saturated carbocycles. The molecule has 0 saturated heterocycles. The molecule has 3 rings (SSSR count). The van der Waals surface area contributed by atoms with Gasteiger partial charge in [0, 0.05) is 16.4 Å². The first kappa shape index (κ1) is 21.3. The van der Waals surface area contributed by atoms with Gasteiger partial charge in [-0.15, -0.1) is 0 Å². The summed E-state index contributed by atoms with van der Waals surface area (Å²) < 4.78 is 7.47. The van der Waals surface area contributed by atoms with Gasteiger partial charge in [0.1, 0.15) is 0 Å². The number of anilines is 1. The zero-order valence-electron chi connectivity index (χ0n) is 16.1. The lowest BCUT2D eigenvalue weighted by Gasteiger charge is -2.09. The van der Waals surface area contributed by atoms with Gasteiger partial charge in [0.2, 0.25) is 5.91 Å². The van der Waals surface area contributed by atoms with E-state index in [4.69, 9.17) is 4.74 Å². The molecule has 8 nitrogen and oxygen atoms in total. The monoisotopic (exact) mass is 470 g/mol. The molecule has 1 aromatic heterocycles. The molecule has 0 atom stereocenters. The van der Waals surface area contributed by atoms with Crippen LogP contribution in [0.15, 0.2) is 65.3 Å². The largest absolute Gasteiger partial charge is 0.452 e. The molecule has 0 aliphatic heterocycles. The SMILES string of the molecule is Cc1ccnn1-c1ccc(C(=O)OCC(=O)NCC(=O)Nc2ccccc2Br)cc1. The lowest BCUT2D eigenvalue weighted by molar-refractivity contribution is -0.126. The van der Waals surface area contributed by atoms with Crippen molar-refractivity contribution < 1.29 is 19.1 Å². The summed E-state index contributed by atoms with van der Waals surface area (Å²) in [5.74, 6) is -1.60. The standard InChI is InChI=1S/C21H19BrN4O4/c1-14-10-11-24-26(14)16-8-6-15(7-9-16)21(29)30-13-20(28)23-12-19(27)25-18-5-3-2-4-17(18)22/h2-11H,12-13H2,1H3,(H,23,28)(H,25,27). The third-order valence-corrected chi connectivity index (χ3v) is 4.80. The van der Waals surface area contributed by atoms with Gasteiger partial charge in [-0.3, -0.25) is 9.59 Å². The number of hydrogen-bond donors (Lipinski definition) is 2. The molecule has 0 bridgehead atoms. The molecule has 1 heterocycles. The van der Waals surface area contributed by atoms with Gasteiger partial charge in [0.25, 0.3) is 5.91 Å². The van der Waals surface area contributed by atoms with Crippen molar-refractivity contribution in [2.24, 2.45) is 0 Å². The number of para-hydroxylation sites is 1. The number of aryl methyl sites for hydroxylation is 1. The molecule has 2 amide bonds. The number of halogens is 1. The van der Waals surface area contributed by atoms with Gasteiger partial charge in [-0.1, -0.05) is 12.1 Å². The van der Waals surface area contributed by atoms with Crippen LogP contribution in [-0.4, -0.2) is 40.7 Å². The maximum absolute atomic E-state index is 12.1. The molecule has 2 N–H and O–H groups in total. The molecule has 0 unspecified atom stereocenters. The highest BCUT2D eigenvalue weighted by Gasteiger charge is 2.12. The number of nitrogens with zero attached hydrogens (tertiary/aromatic N) is 2. The Morgan fingerprint density at radius 1 is 1.03 bits per heavy atom. The van der Waals surface area contributed by atoms with Gasteiger partial charge in [0.05, 0.1) is 23.5 Å². The van der Waals surface area contributed by atoms with Gasteiger partial charge in [-0.2, -0.15) is 5.10 Å². The van der Waals surface area contributed by atoms with Crippen molar-refractivity contribution in [3.63, 3.8) is 0 Å². The molecule has 0 aliphatic carbocycles. The minimum absolute atomic E-state index is 0.240. The van der Waals surface area contributed by atoms with E-state index in [1.807, 2.05) is 19.1 Å². The van der Waals surface area contributed by atoms with Crippen LogP contribution in [0, 0.1) is 6.92 Å². The fourth-order valence-corrected chi connectivity index (χ4v) is 2.96. The van der Waals surface area contributed by atoms with Crippen LogP contribution >= 0.6 is 15.9 Å². The second-order valence-electron chi connectivity index (χ2n) is 6.31. The summed E-state index contributed by atoms with van der Waals surface area (Å²) in [6.45, 7) is 1.20. The lowest BCUT2D eigenvalue weighted by atomic mass is 10.2. The molecule has 2 aromatic carbocycles. The van der Waals surface area contributed by atoms with E-state index in [1.54, 1.807) is 53.3 Å². The predicted octanol–water partition coefficient (Wildman–Crippen LogP) is 2.85. The Balaban J connectivity index is 1.44. The van der Waals surface area contributed by atoms with E-state index < -0.39 is 24.4 Å². The zero-order chi connectivity index (χ0) is 21.5. The number of rotatable bonds is 7. The highest BCUT2D eigenvalue weighted by molar-refractivity contribution is 9.10. The Labute approximate surface area is 181 Å². The third-order valence-electron chi connectivity index (χ3n) is 4.11. The Bertz CT molecular complexity index is 1060. The van der Waals surface area contributed by atoms with E-state index >= 15 is 0 Å². The van der Waals surface area contributed by atoms with Crippen molar-refractivity contribution in [1.82, 2.24) is 15.1 Å². The summed E-state index contributed by atoms with van der Waals surface area (Å²) in [4.78, 5) is 35.9. The van der Waals surface area contributed by atoms with Crippen molar-refractivity contribution in [3.05, 3.63) is 76.5 Å². The van der Waals surface area contributed by atoms with Crippen LogP contribution in [0.4, 0.5) is 5.69 Å². The Morgan fingerprint density at radius 3 is 2.43 bits per heavy atom. The minimum Gasteiger partial charge on any atom is -0.452 e. The van der Waals surface area contributed by atoms with Gasteiger partial charge >= 0.3 is 5.97 Å². The predicted molar refractivity (Wildman–Crippen MR) is 114 cm³/mol.